The zero-order valence-electron chi connectivity index (χ0n) is 12.2. The summed E-state index contributed by atoms with van der Waals surface area (Å²) in [5.41, 5.74) is 0.189. The Bertz CT molecular complexity index is 291. The molecule has 1 heterocycles. The van der Waals surface area contributed by atoms with E-state index in [-0.39, 0.29) is 28.5 Å². The molecule has 0 spiro atoms. The number of aliphatic imine (C=N–C) groups is 1. The average molecular weight is 311 g/mol. The van der Waals surface area contributed by atoms with E-state index in [9.17, 15) is 0 Å². The molecule has 0 aromatic carbocycles. The van der Waals surface area contributed by atoms with Gasteiger partial charge in [0, 0.05) is 17.1 Å². The Labute approximate surface area is 135 Å². The van der Waals surface area contributed by atoms with Crippen molar-refractivity contribution in [1.82, 2.24) is 0 Å². The van der Waals surface area contributed by atoms with Crippen LogP contribution in [0.1, 0.15) is 20.8 Å². The van der Waals surface area contributed by atoms with Crippen LogP contribution in [-0.2, 0) is 21.8 Å². The zero-order chi connectivity index (χ0) is 13.7. The molecule has 3 heteroatoms. The minimum atomic E-state index is 0. The number of hydrogen-bond acceptors (Lipinski definition) is 2. The second-order valence-corrected chi connectivity index (χ2v) is 5.76. The molecule has 0 bridgehead atoms. The SMILES string of the molecule is CC(C)(C)C1COC([C]2[CH][CH][CH][CH]2)=N1.[CH]1[CH][CH][CH][CH]1.[Fe]. The van der Waals surface area contributed by atoms with Crippen molar-refractivity contribution in [3.63, 3.8) is 0 Å². The summed E-state index contributed by atoms with van der Waals surface area (Å²) in [6.45, 7) is 7.29. The fourth-order valence-electron chi connectivity index (χ4n) is 1.81. The molecular formula is C17H21FeNO. The molecule has 3 rings (SSSR count). The second-order valence-electron chi connectivity index (χ2n) is 5.76. The van der Waals surface area contributed by atoms with E-state index in [0.29, 0.717) is 6.61 Å². The molecule has 1 aliphatic heterocycles. The summed E-state index contributed by atoms with van der Waals surface area (Å²) in [4.78, 5) is 4.60. The summed E-state index contributed by atoms with van der Waals surface area (Å²) in [5, 5.41) is 0. The van der Waals surface area contributed by atoms with Crippen LogP contribution in [-0.4, -0.2) is 18.5 Å². The van der Waals surface area contributed by atoms with Crippen molar-refractivity contribution in [1.29, 1.82) is 0 Å². The third-order valence-electron chi connectivity index (χ3n) is 3.12. The summed E-state index contributed by atoms with van der Waals surface area (Å²) in [7, 11) is 0. The molecule has 2 nitrogen and oxygen atoms in total. The van der Waals surface area contributed by atoms with Crippen LogP contribution in [0.15, 0.2) is 4.99 Å². The third-order valence-corrected chi connectivity index (χ3v) is 3.12. The Morgan fingerprint density at radius 3 is 1.85 bits per heavy atom. The first-order valence-electron chi connectivity index (χ1n) is 6.67. The van der Waals surface area contributed by atoms with Crippen molar-refractivity contribution in [2.45, 2.75) is 26.8 Å². The van der Waals surface area contributed by atoms with Gasteiger partial charge in [0.1, 0.15) is 6.61 Å². The molecule has 0 aromatic rings. The van der Waals surface area contributed by atoms with Crippen molar-refractivity contribution >= 4 is 5.90 Å². The standard InChI is InChI=1S/C12H16NO.C5H5.Fe/c1-12(2,3)10-8-14-11(13-10)9-6-4-5-7-9;1-2-4-5-3-1;/h4-7,10H,8H2,1-3H3;1-5H;. The van der Waals surface area contributed by atoms with E-state index in [0.717, 1.165) is 11.8 Å². The van der Waals surface area contributed by atoms with Gasteiger partial charge in [-0.25, -0.2) is 4.99 Å². The molecule has 1 unspecified atom stereocenters. The summed E-state index contributed by atoms with van der Waals surface area (Å²) in [6.07, 6.45) is 18.1. The minimum absolute atomic E-state index is 0. The van der Waals surface area contributed by atoms with Crippen LogP contribution in [0.2, 0.25) is 0 Å². The van der Waals surface area contributed by atoms with Gasteiger partial charge in [-0.2, -0.15) is 0 Å². The maximum Gasteiger partial charge on any atom is 0.191 e. The number of hydrogen-bond donors (Lipinski definition) is 0. The summed E-state index contributed by atoms with van der Waals surface area (Å²) in [5.74, 6) is 1.90. The molecule has 0 saturated heterocycles. The molecule has 0 N–H and O–H groups in total. The summed E-state index contributed by atoms with van der Waals surface area (Å²) in [6, 6.07) is 0.285. The Kier molecular flexibility index (Phi) is 7.61. The Morgan fingerprint density at radius 1 is 0.950 bits per heavy atom. The Morgan fingerprint density at radius 2 is 1.45 bits per heavy atom. The smallest absolute Gasteiger partial charge is 0.191 e. The first kappa shape index (κ1) is 18.0. The molecule has 2 aliphatic carbocycles. The molecule has 3 aliphatic rings. The van der Waals surface area contributed by atoms with Crippen LogP contribution >= 0.6 is 0 Å². The number of rotatable bonds is 1. The van der Waals surface area contributed by atoms with E-state index < -0.39 is 0 Å². The van der Waals surface area contributed by atoms with Crippen LogP contribution in [0.3, 0.4) is 0 Å². The molecule has 10 radical (unpaired) electrons. The molecule has 108 valence electrons. The molecule has 0 amide bonds. The Balaban J connectivity index is 0.000000283. The topological polar surface area (TPSA) is 21.6 Å². The van der Waals surface area contributed by atoms with Gasteiger partial charge in [0.05, 0.1) is 12.0 Å². The molecule has 0 aromatic heterocycles. The van der Waals surface area contributed by atoms with E-state index in [1.807, 2.05) is 57.8 Å². The minimum Gasteiger partial charge on any atom is -0.478 e. The first-order valence-corrected chi connectivity index (χ1v) is 6.67. The van der Waals surface area contributed by atoms with Gasteiger partial charge in [-0.1, -0.05) is 20.8 Å². The van der Waals surface area contributed by atoms with E-state index >= 15 is 0 Å². The van der Waals surface area contributed by atoms with E-state index in [1.165, 1.54) is 0 Å². The molecule has 1 atom stereocenters. The van der Waals surface area contributed by atoms with Crippen molar-refractivity contribution < 1.29 is 21.8 Å². The molecular weight excluding hydrogens is 290 g/mol. The summed E-state index contributed by atoms with van der Waals surface area (Å²) < 4.78 is 5.59. The average Bonchev–Trinajstić information content (AvgIpc) is 3.13. The van der Waals surface area contributed by atoms with Gasteiger partial charge in [-0.05, 0) is 63.2 Å². The number of nitrogens with zero attached hydrogens (tertiary/aromatic N) is 1. The Hall–Kier alpha value is -0.0105. The normalized spacial score (nSPS) is 26.4. The van der Waals surface area contributed by atoms with E-state index in [2.05, 4.69) is 25.8 Å². The predicted molar refractivity (Wildman–Crippen MR) is 78.6 cm³/mol. The van der Waals surface area contributed by atoms with E-state index in [1.54, 1.807) is 0 Å². The fraction of sp³-hybridized carbons (Fsp3) is 0.353. The maximum atomic E-state index is 5.59. The molecule has 2 saturated carbocycles. The predicted octanol–water partition coefficient (Wildman–Crippen LogP) is 3.25. The molecule has 20 heavy (non-hydrogen) atoms. The van der Waals surface area contributed by atoms with Crippen LogP contribution in [0.5, 0.6) is 0 Å². The van der Waals surface area contributed by atoms with Crippen molar-refractivity contribution in [3.05, 3.63) is 63.7 Å². The zero-order valence-corrected chi connectivity index (χ0v) is 13.3. The van der Waals surface area contributed by atoms with Gasteiger partial charge in [-0.15, -0.1) is 0 Å². The fourth-order valence-corrected chi connectivity index (χ4v) is 1.81. The van der Waals surface area contributed by atoms with Gasteiger partial charge in [0.25, 0.3) is 0 Å². The van der Waals surface area contributed by atoms with Gasteiger partial charge in [0.15, 0.2) is 5.90 Å². The van der Waals surface area contributed by atoms with E-state index in [4.69, 9.17) is 4.74 Å². The van der Waals surface area contributed by atoms with Crippen molar-refractivity contribution in [2.75, 3.05) is 6.61 Å². The maximum absolute atomic E-state index is 5.59. The monoisotopic (exact) mass is 311 g/mol. The van der Waals surface area contributed by atoms with Gasteiger partial charge in [0.2, 0.25) is 0 Å². The largest absolute Gasteiger partial charge is 0.478 e. The van der Waals surface area contributed by atoms with Crippen LogP contribution in [0.25, 0.3) is 0 Å². The first-order chi connectivity index (χ1) is 9.07. The van der Waals surface area contributed by atoms with Crippen LogP contribution < -0.4 is 0 Å². The van der Waals surface area contributed by atoms with Gasteiger partial charge in [-0.3, -0.25) is 0 Å². The van der Waals surface area contributed by atoms with Crippen LogP contribution in [0, 0.1) is 69.1 Å². The van der Waals surface area contributed by atoms with Crippen LogP contribution in [0.4, 0.5) is 0 Å². The van der Waals surface area contributed by atoms with Gasteiger partial charge >= 0.3 is 0 Å². The third kappa shape index (κ3) is 5.41. The quantitative estimate of drug-likeness (QED) is 0.681. The van der Waals surface area contributed by atoms with Crippen molar-refractivity contribution in [2.24, 2.45) is 10.4 Å². The van der Waals surface area contributed by atoms with Crippen molar-refractivity contribution in [3.8, 4) is 0 Å². The number of ether oxygens (including phenoxy) is 1. The molecule has 2 fully saturated rings. The summed E-state index contributed by atoms with van der Waals surface area (Å²) >= 11 is 0. The second kappa shape index (κ2) is 8.44. The van der Waals surface area contributed by atoms with Gasteiger partial charge < -0.3 is 4.74 Å².